The predicted molar refractivity (Wildman–Crippen MR) is 83.3 cm³/mol. The molecule has 6 nitrogen and oxygen atoms in total. The molecule has 2 aromatic rings. The zero-order valence-corrected chi connectivity index (χ0v) is 13.1. The van der Waals surface area contributed by atoms with Crippen molar-refractivity contribution in [2.45, 2.75) is 38.5 Å². The minimum atomic E-state index is 0.422. The van der Waals surface area contributed by atoms with Gasteiger partial charge in [-0.05, 0) is 25.0 Å². The molecule has 118 valence electrons. The summed E-state index contributed by atoms with van der Waals surface area (Å²) in [6, 6.07) is 5.99. The van der Waals surface area contributed by atoms with Crippen LogP contribution in [0.2, 0.25) is 0 Å². The summed E-state index contributed by atoms with van der Waals surface area (Å²) >= 11 is 0. The Morgan fingerprint density at radius 1 is 1.23 bits per heavy atom. The SMILES string of the molecule is COC1CCN(Cc2cn(CCc3ccccn3)nn2)CC1. The van der Waals surface area contributed by atoms with E-state index in [1.807, 2.05) is 35.3 Å². The van der Waals surface area contributed by atoms with Crippen molar-refractivity contribution in [2.24, 2.45) is 0 Å². The van der Waals surface area contributed by atoms with Crippen LogP contribution in [0.15, 0.2) is 30.6 Å². The van der Waals surface area contributed by atoms with Crippen LogP contribution in [0.5, 0.6) is 0 Å². The van der Waals surface area contributed by atoms with Gasteiger partial charge in [0, 0.05) is 57.8 Å². The van der Waals surface area contributed by atoms with Gasteiger partial charge in [0.25, 0.3) is 0 Å². The van der Waals surface area contributed by atoms with Crippen molar-refractivity contribution >= 4 is 0 Å². The fourth-order valence-corrected chi connectivity index (χ4v) is 2.83. The van der Waals surface area contributed by atoms with Crippen LogP contribution in [-0.4, -0.2) is 51.2 Å². The molecule has 1 aliphatic heterocycles. The summed E-state index contributed by atoms with van der Waals surface area (Å²) < 4.78 is 7.31. The summed E-state index contributed by atoms with van der Waals surface area (Å²) in [5, 5.41) is 8.50. The van der Waals surface area contributed by atoms with Crippen molar-refractivity contribution < 1.29 is 4.74 Å². The molecule has 3 rings (SSSR count). The summed E-state index contributed by atoms with van der Waals surface area (Å²) in [6.07, 6.45) is 7.37. The second-order valence-electron chi connectivity index (χ2n) is 5.76. The topological polar surface area (TPSA) is 56.1 Å². The van der Waals surface area contributed by atoms with Crippen molar-refractivity contribution in [3.63, 3.8) is 0 Å². The molecule has 0 aromatic carbocycles. The Morgan fingerprint density at radius 3 is 2.82 bits per heavy atom. The van der Waals surface area contributed by atoms with Gasteiger partial charge in [0.1, 0.15) is 0 Å². The summed E-state index contributed by atoms with van der Waals surface area (Å²) in [5.74, 6) is 0. The van der Waals surface area contributed by atoms with E-state index in [2.05, 4.69) is 20.2 Å². The van der Waals surface area contributed by atoms with E-state index in [0.29, 0.717) is 6.10 Å². The zero-order valence-electron chi connectivity index (χ0n) is 13.1. The monoisotopic (exact) mass is 301 g/mol. The molecule has 6 heteroatoms. The molecule has 0 bridgehead atoms. The molecule has 2 aromatic heterocycles. The third kappa shape index (κ3) is 4.11. The van der Waals surface area contributed by atoms with Crippen molar-refractivity contribution in [2.75, 3.05) is 20.2 Å². The third-order valence-corrected chi connectivity index (χ3v) is 4.16. The number of likely N-dealkylation sites (tertiary alicyclic amines) is 1. The van der Waals surface area contributed by atoms with Crippen LogP contribution >= 0.6 is 0 Å². The van der Waals surface area contributed by atoms with Gasteiger partial charge in [-0.2, -0.15) is 0 Å². The molecule has 0 saturated carbocycles. The number of methoxy groups -OCH3 is 1. The number of hydrogen-bond acceptors (Lipinski definition) is 5. The highest BCUT2D eigenvalue weighted by atomic mass is 16.5. The molecular formula is C16H23N5O. The number of pyridine rings is 1. The number of aryl methyl sites for hydroxylation is 2. The molecule has 0 radical (unpaired) electrons. The smallest absolute Gasteiger partial charge is 0.0967 e. The lowest BCUT2D eigenvalue weighted by Gasteiger charge is -2.30. The Balaban J connectivity index is 1.47. The number of nitrogens with zero attached hydrogens (tertiary/aromatic N) is 5. The Morgan fingerprint density at radius 2 is 2.09 bits per heavy atom. The third-order valence-electron chi connectivity index (χ3n) is 4.16. The molecule has 1 aliphatic rings. The molecule has 3 heterocycles. The second kappa shape index (κ2) is 7.47. The van der Waals surface area contributed by atoms with Gasteiger partial charge in [-0.15, -0.1) is 5.10 Å². The minimum Gasteiger partial charge on any atom is -0.381 e. The Kier molecular flexibility index (Phi) is 5.13. The number of rotatable bonds is 6. The molecule has 0 atom stereocenters. The summed E-state index contributed by atoms with van der Waals surface area (Å²) in [7, 11) is 1.80. The molecule has 0 N–H and O–H groups in total. The van der Waals surface area contributed by atoms with Crippen LogP contribution in [0.1, 0.15) is 24.2 Å². The van der Waals surface area contributed by atoms with Crippen LogP contribution < -0.4 is 0 Å². The molecule has 0 spiro atoms. The standard InChI is InChI=1S/C16H23N5O/c1-22-16-6-9-20(10-7-16)12-15-13-21(19-18-15)11-5-14-4-2-3-8-17-14/h2-4,8,13,16H,5-7,9-12H2,1H3. The van der Waals surface area contributed by atoms with Gasteiger partial charge in [0.2, 0.25) is 0 Å². The van der Waals surface area contributed by atoms with Gasteiger partial charge in [0.15, 0.2) is 0 Å². The lowest BCUT2D eigenvalue weighted by atomic mass is 10.1. The van der Waals surface area contributed by atoms with Crippen LogP contribution in [0.3, 0.4) is 0 Å². The van der Waals surface area contributed by atoms with E-state index in [9.17, 15) is 0 Å². The molecule has 1 fully saturated rings. The first kappa shape index (κ1) is 15.1. The van der Waals surface area contributed by atoms with Crippen LogP contribution in [0.4, 0.5) is 0 Å². The van der Waals surface area contributed by atoms with Gasteiger partial charge in [-0.1, -0.05) is 11.3 Å². The number of ether oxygens (including phenoxy) is 1. The van der Waals surface area contributed by atoms with Crippen LogP contribution in [0.25, 0.3) is 0 Å². The molecule has 1 saturated heterocycles. The van der Waals surface area contributed by atoms with Crippen LogP contribution in [-0.2, 0) is 24.2 Å². The summed E-state index contributed by atoms with van der Waals surface area (Å²) in [4.78, 5) is 6.75. The maximum atomic E-state index is 5.40. The first-order chi connectivity index (χ1) is 10.8. The van der Waals surface area contributed by atoms with E-state index in [-0.39, 0.29) is 0 Å². The Labute approximate surface area is 131 Å². The second-order valence-corrected chi connectivity index (χ2v) is 5.76. The van der Waals surface area contributed by atoms with Crippen molar-refractivity contribution in [1.82, 2.24) is 24.9 Å². The first-order valence-electron chi connectivity index (χ1n) is 7.87. The lowest BCUT2D eigenvalue weighted by Crippen LogP contribution is -2.36. The van der Waals surface area contributed by atoms with E-state index in [1.54, 1.807) is 7.11 Å². The fraction of sp³-hybridized carbons (Fsp3) is 0.562. The van der Waals surface area contributed by atoms with E-state index in [4.69, 9.17) is 4.74 Å². The molecular weight excluding hydrogens is 278 g/mol. The van der Waals surface area contributed by atoms with E-state index >= 15 is 0 Å². The van der Waals surface area contributed by atoms with Gasteiger partial charge in [0.05, 0.1) is 11.8 Å². The van der Waals surface area contributed by atoms with Crippen molar-refractivity contribution in [1.29, 1.82) is 0 Å². The van der Waals surface area contributed by atoms with E-state index < -0.39 is 0 Å². The number of hydrogen-bond donors (Lipinski definition) is 0. The maximum Gasteiger partial charge on any atom is 0.0967 e. The van der Waals surface area contributed by atoms with Gasteiger partial charge >= 0.3 is 0 Å². The normalized spacial score (nSPS) is 17.0. The number of aromatic nitrogens is 4. The highest BCUT2D eigenvalue weighted by molar-refractivity contribution is 5.03. The Bertz CT molecular complexity index is 563. The Hall–Kier alpha value is -1.79. The predicted octanol–water partition coefficient (Wildman–Crippen LogP) is 1.53. The van der Waals surface area contributed by atoms with Gasteiger partial charge < -0.3 is 4.74 Å². The van der Waals surface area contributed by atoms with Crippen molar-refractivity contribution in [3.8, 4) is 0 Å². The summed E-state index contributed by atoms with van der Waals surface area (Å²) in [6.45, 7) is 3.83. The quantitative estimate of drug-likeness (QED) is 0.810. The van der Waals surface area contributed by atoms with E-state index in [1.165, 1.54) is 0 Å². The summed E-state index contributed by atoms with van der Waals surface area (Å²) in [5.41, 5.74) is 2.12. The molecule has 0 amide bonds. The average Bonchev–Trinajstić information content (AvgIpc) is 3.02. The zero-order chi connectivity index (χ0) is 15.2. The highest BCUT2D eigenvalue weighted by Crippen LogP contribution is 2.14. The van der Waals surface area contributed by atoms with Gasteiger partial charge in [-0.3, -0.25) is 14.6 Å². The number of piperidine rings is 1. The highest BCUT2D eigenvalue weighted by Gasteiger charge is 2.19. The minimum absolute atomic E-state index is 0.422. The fourth-order valence-electron chi connectivity index (χ4n) is 2.83. The van der Waals surface area contributed by atoms with Gasteiger partial charge in [-0.25, -0.2) is 0 Å². The molecule has 0 unspecified atom stereocenters. The lowest BCUT2D eigenvalue weighted by molar-refractivity contribution is 0.0385. The molecule has 0 aliphatic carbocycles. The largest absolute Gasteiger partial charge is 0.381 e. The molecule has 22 heavy (non-hydrogen) atoms. The maximum absolute atomic E-state index is 5.40. The average molecular weight is 301 g/mol. The van der Waals surface area contributed by atoms with Crippen molar-refractivity contribution in [3.05, 3.63) is 42.0 Å². The first-order valence-corrected chi connectivity index (χ1v) is 7.87. The van der Waals surface area contributed by atoms with Crippen LogP contribution in [0, 0.1) is 0 Å². The van der Waals surface area contributed by atoms with E-state index in [0.717, 1.165) is 56.8 Å².